The maximum absolute atomic E-state index is 11.4. The number of nitrogens with one attached hydrogen (secondary N) is 1. The van der Waals surface area contributed by atoms with Gasteiger partial charge in [0.25, 0.3) is 0 Å². The molecule has 1 fully saturated rings. The van der Waals surface area contributed by atoms with Gasteiger partial charge in [-0.05, 0) is 24.3 Å². The van der Waals surface area contributed by atoms with Gasteiger partial charge in [-0.25, -0.2) is 0 Å². The topological polar surface area (TPSA) is 98.1 Å². The van der Waals surface area contributed by atoms with Gasteiger partial charge < -0.3 is 10.4 Å². The summed E-state index contributed by atoms with van der Waals surface area (Å²) in [6.07, 6.45) is 3.61. The van der Waals surface area contributed by atoms with Crippen LogP contribution >= 0.6 is 0 Å². The minimum atomic E-state index is -0.830. The molecule has 0 bridgehead atoms. The summed E-state index contributed by atoms with van der Waals surface area (Å²) in [6.45, 7) is 2.67. The third kappa shape index (κ3) is 2.65. The van der Waals surface area contributed by atoms with Crippen molar-refractivity contribution in [1.29, 1.82) is 0 Å². The molecule has 1 aliphatic carbocycles. The van der Waals surface area contributed by atoms with E-state index < -0.39 is 11.5 Å². The minimum Gasteiger partial charge on any atom is -0.480 e. The average molecular weight is 226 g/mol. The van der Waals surface area contributed by atoms with E-state index in [1.54, 1.807) is 0 Å². The maximum Gasteiger partial charge on any atom is 0.324 e. The molecule has 2 N–H and O–H groups in total. The molecular formula is C10H18N4O2. The van der Waals surface area contributed by atoms with Crippen LogP contribution < -0.4 is 5.32 Å². The summed E-state index contributed by atoms with van der Waals surface area (Å²) in [6, 6.07) is 0. The van der Waals surface area contributed by atoms with Gasteiger partial charge >= 0.3 is 5.97 Å². The number of carboxylic acids is 1. The number of aliphatic carboxylic acids is 1. The van der Waals surface area contributed by atoms with Gasteiger partial charge in [-0.1, -0.05) is 24.9 Å². The second-order valence-corrected chi connectivity index (χ2v) is 4.30. The van der Waals surface area contributed by atoms with Crippen molar-refractivity contribution >= 4 is 5.97 Å². The Kier molecular flexibility index (Phi) is 4.58. The van der Waals surface area contributed by atoms with Crippen LogP contribution in [-0.2, 0) is 4.79 Å². The molecule has 0 heterocycles. The van der Waals surface area contributed by atoms with Crippen LogP contribution in [0.1, 0.15) is 32.6 Å². The van der Waals surface area contributed by atoms with Gasteiger partial charge in [-0.15, -0.1) is 0 Å². The second kappa shape index (κ2) is 5.72. The van der Waals surface area contributed by atoms with Gasteiger partial charge in [0.05, 0.1) is 0 Å². The second-order valence-electron chi connectivity index (χ2n) is 4.30. The van der Waals surface area contributed by atoms with Gasteiger partial charge in [0.15, 0.2) is 0 Å². The van der Waals surface area contributed by atoms with E-state index in [4.69, 9.17) is 5.53 Å². The summed E-state index contributed by atoms with van der Waals surface area (Å²) in [7, 11) is 0. The molecule has 2 atom stereocenters. The zero-order valence-electron chi connectivity index (χ0n) is 9.52. The van der Waals surface area contributed by atoms with E-state index in [0.29, 0.717) is 13.0 Å². The summed E-state index contributed by atoms with van der Waals surface area (Å²) in [4.78, 5) is 14.0. The Morgan fingerprint density at radius 3 is 3.00 bits per heavy atom. The van der Waals surface area contributed by atoms with Crippen LogP contribution in [0.3, 0.4) is 0 Å². The Morgan fingerprint density at radius 1 is 1.69 bits per heavy atom. The van der Waals surface area contributed by atoms with Gasteiger partial charge in [-0.2, -0.15) is 0 Å². The molecule has 0 aliphatic heterocycles. The number of nitrogens with zero attached hydrogens (tertiary/aromatic N) is 3. The van der Waals surface area contributed by atoms with E-state index in [2.05, 4.69) is 15.3 Å². The highest BCUT2D eigenvalue weighted by atomic mass is 16.4. The fourth-order valence-electron chi connectivity index (χ4n) is 2.38. The number of hydrogen-bond acceptors (Lipinski definition) is 3. The quantitative estimate of drug-likeness (QED) is 0.324. The monoisotopic (exact) mass is 226 g/mol. The Labute approximate surface area is 94.7 Å². The minimum absolute atomic E-state index is 0.116. The van der Waals surface area contributed by atoms with Gasteiger partial charge in [0.2, 0.25) is 0 Å². The summed E-state index contributed by atoms with van der Waals surface area (Å²) < 4.78 is 0. The Morgan fingerprint density at radius 2 is 2.44 bits per heavy atom. The first kappa shape index (κ1) is 12.8. The van der Waals surface area contributed by atoms with E-state index in [1.807, 2.05) is 6.92 Å². The molecule has 0 radical (unpaired) electrons. The Hall–Kier alpha value is -1.26. The van der Waals surface area contributed by atoms with E-state index in [0.717, 1.165) is 19.3 Å². The normalized spacial score (nSPS) is 29.4. The molecule has 16 heavy (non-hydrogen) atoms. The highest BCUT2D eigenvalue weighted by Crippen LogP contribution is 2.33. The molecule has 1 saturated carbocycles. The first-order valence-corrected chi connectivity index (χ1v) is 5.63. The Balaban J connectivity index is 2.64. The molecule has 0 aromatic rings. The summed E-state index contributed by atoms with van der Waals surface area (Å²) >= 11 is 0. The molecular weight excluding hydrogens is 208 g/mol. The fraction of sp³-hybridized carbons (Fsp3) is 0.900. The zero-order chi connectivity index (χ0) is 12.0. The van der Waals surface area contributed by atoms with Crippen LogP contribution in [-0.4, -0.2) is 29.7 Å². The van der Waals surface area contributed by atoms with E-state index >= 15 is 0 Å². The lowest BCUT2D eigenvalue weighted by Crippen LogP contribution is -2.58. The zero-order valence-corrected chi connectivity index (χ0v) is 9.52. The van der Waals surface area contributed by atoms with Crippen LogP contribution in [0.5, 0.6) is 0 Å². The average Bonchev–Trinajstić information content (AvgIpc) is 2.26. The summed E-state index contributed by atoms with van der Waals surface area (Å²) in [5.41, 5.74) is 7.31. The maximum atomic E-state index is 11.4. The molecule has 6 heteroatoms. The highest BCUT2D eigenvalue weighted by molar-refractivity contribution is 5.79. The third-order valence-electron chi connectivity index (χ3n) is 3.40. The molecule has 2 unspecified atom stereocenters. The van der Waals surface area contributed by atoms with Crippen molar-refractivity contribution in [2.45, 2.75) is 38.1 Å². The molecule has 1 aliphatic rings. The van der Waals surface area contributed by atoms with Crippen LogP contribution in [0.25, 0.3) is 10.4 Å². The largest absolute Gasteiger partial charge is 0.480 e. The third-order valence-corrected chi connectivity index (χ3v) is 3.40. The van der Waals surface area contributed by atoms with Crippen molar-refractivity contribution in [2.75, 3.05) is 13.1 Å². The van der Waals surface area contributed by atoms with Crippen LogP contribution in [0.15, 0.2) is 5.11 Å². The number of carbonyl (C=O) groups is 1. The Bertz CT molecular complexity index is 301. The van der Waals surface area contributed by atoms with Crippen molar-refractivity contribution in [3.8, 4) is 0 Å². The van der Waals surface area contributed by atoms with Crippen LogP contribution in [0.4, 0.5) is 0 Å². The standard InChI is InChI=1S/C10H18N4O2/c1-8-4-2-3-5-10(8,9(15)16)12-6-7-13-14-11/h8,12H,2-7H2,1H3,(H,15,16). The van der Waals surface area contributed by atoms with E-state index in [-0.39, 0.29) is 12.5 Å². The highest BCUT2D eigenvalue weighted by Gasteiger charge is 2.44. The van der Waals surface area contributed by atoms with Crippen molar-refractivity contribution in [3.05, 3.63) is 10.4 Å². The lowest BCUT2D eigenvalue weighted by Gasteiger charge is -2.39. The predicted octanol–water partition coefficient (Wildman–Crippen LogP) is 1.92. The SMILES string of the molecule is CC1CCCCC1(NCCN=[N+]=[N-])C(=O)O. The van der Waals surface area contributed by atoms with Gasteiger partial charge in [-0.3, -0.25) is 4.79 Å². The molecule has 0 amide bonds. The molecule has 0 aromatic carbocycles. The molecule has 90 valence electrons. The number of azide groups is 1. The summed E-state index contributed by atoms with van der Waals surface area (Å²) in [5, 5.41) is 15.8. The molecule has 0 saturated heterocycles. The fourth-order valence-corrected chi connectivity index (χ4v) is 2.38. The first-order valence-electron chi connectivity index (χ1n) is 5.63. The number of rotatable bonds is 5. The van der Waals surface area contributed by atoms with E-state index in [1.165, 1.54) is 0 Å². The van der Waals surface area contributed by atoms with Gasteiger partial charge in [0, 0.05) is 18.0 Å². The predicted molar refractivity (Wildman–Crippen MR) is 60.0 cm³/mol. The van der Waals surface area contributed by atoms with Crippen molar-refractivity contribution in [1.82, 2.24) is 5.32 Å². The van der Waals surface area contributed by atoms with Crippen LogP contribution in [0.2, 0.25) is 0 Å². The number of hydrogen-bond donors (Lipinski definition) is 2. The lowest BCUT2D eigenvalue weighted by molar-refractivity contribution is -0.148. The molecule has 0 aromatic heterocycles. The molecule has 0 spiro atoms. The smallest absolute Gasteiger partial charge is 0.324 e. The number of carboxylic acid groups (broad SMARTS) is 1. The first-order chi connectivity index (χ1) is 7.63. The summed E-state index contributed by atoms with van der Waals surface area (Å²) in [5.74, 6) is -0.676. The van der Waals surface area contributed by atoms with E-state index in [9.17, 15) is 9.90 Å². The van der Waals surface area contributed by atoms with Crippen LogP contribution in [0, 0.1) is 5.92 Å². The molecule has 6 nitrogen and oxygen atoms in total. The lowest BCUT2D eigenvalue weighted by atomic mass is 9.73. The van der Waals surface area contributed by atoms with Gasteiger partial charge in [0.1, 0.15) is 5.54 Å². The van der Waals surface area contributed by atoms with Crippen molar-refractivity contribution in [3.63, 3.8) is 0 Å². The van der Waals surface area contributed by atoms with Crippen molar-refractivity contribution < 1.29 is 9.90 Å². The molecule has 1 rings (SSSR count). The van der Waals surface area contributed by atoms with Crippen molar-refractivity contribution in [2.24, 2.45) is 11.0 Å².